The third-order valence-corrected chi connectivity index (χ3v) is 3.80. The van der Waals surface area contributed by atoms with Gasteiger partial charge in [0, 0.05) is 11.1 Å². The lowest BCUT2D eigenvalue weighted by atomic mass is 10.1. The topological polar surface area (TPSA) is 12.9 Å². The first-order valence-electron chi connectivity index (χ1n) is 5.36. The maximum Gasteiger partial charge on any atom is 0.138 e. The van der Waals surface area contributed by atoms with Crippen molar-refractivity contribution in [3.05, 3.63) is 38.7 Å². The molecule has 0 N–H and O–H groups in total. The van der Waals surface area contributed by atoms with Crippen molar-refractivity contribution in [2.24, 2.45) is 0 Å². The molecule has 0 amide bonds. The molecule has 1 aromatic heterocycles. The minimum Gasteiger partial charge on any atom is -0.252 e. The Morgan fingerprint density at radius 2 is 2.00 bits per heavy atom. The van der Waals surface area contributed by atoms with Crippen molar-refractivity contribution in [2.75, 3.05) is 0 Å². The van der Waals surface area contributed by atoms with Crippen molar-refractivity contribution in [1.82, 2.24) is 4.98 Å². The molecule has 0 aliphatic carbocycles. The molecule has 1 aromatic carbocycles. The predicted octanol–water partition coefficient (Wildman–Crippen LogP) is 5.22. The Kier molecular flexibility index (Phi) is 3.41. The van der Waals surface area contributed by atoms with E-state index < -0.39 is 0 Å². The predicted molar refractivity (Wildman–Crippen MR) is 73.2 cm³/mol. The third-order valence-electron chi connectivity index (χ3n) is 2.73. The molecule has 0 unspecified atom stereocenters. The molecular formula is C13H12BrClFN. The smallest absolute Gasteiger partial charge is 0.138 e. The Labute approximate surface area is 113 Å². The van der Waals surface area contributed by atoms with Crippen molar-refractivity contribution in [3.63, 3.8) is 0 Å². The maximum absolute atomic E-state index is 13.6. The van der Waals surface area contributed by atoms with E-state index in [2.05, 4.69) is 34.8 Å². The van der Waals surface area contributed by atoms with Crippen LogP contribution in [0.5, 0.6) is 0 Å². The Morgan fingerprint density at radius 1 is 1.35 bits per heavy atom. The monoisotopic (exact) mass is 315 g/mol. The third kappa shape index (κ3) is 2.18. The van der Waals surface area contributed by atoms with Gasteiger partial charge in [-0.05, 0) is 46.5 Å². The first-order valence-corrected chi connectivity index (χ1v) is 6.53. The Bertz CT molecular complexity index is 596. The van der Waals surface area contributed by atoms with Gasteiger partial charge < -0.3 is 0 Å². The van der Waals surface area contributed by atoms with Crippen LogP contribution in [0.4, 0.5) is 4.39 Å². The summed E-state index contributed by atoms with van der Waals surface area (Å²) in [6.45, 7) is 5.95. The standard InChI is InChI=1S/C13H12BrClFN/c1-6(2)10-5-8(15)11-12(14)9(16)4-7(3)13(11)17-10/h4-6H,1-3H3. The van der Waals surface area contributed by atoms with Gasteiger partial charge in [0.2, 0.25) is 0 Å². The Morgan fingerprint density at radius 3 is 2.59 bits per heavy atom. The van der Waals surface area contributed by atoms with Crippen molar-refractivity contribution < 1.29 is 4.39 Å². The van der Waals surface area contributed by atoms with E-state index in [0.717, 1.165) is 16.8 Å². The van der Waals surface area contributed by atoms with Gasteiger partial charge in [-0.3, -0.25) is 4.98 Å². The lowest BCUT2D eigenvalue weighted by Crippen LogP contribution is -1.97. The van der Waals surface area contributed by atoms with Crippen LogP contribution >= 0.6 is 27.5 Å². The van der Waals surface area contributed by atoms with Gasteiger partial charge in [0.1, 0.15) is 5.82 Å². The van der Waals surface area contributed by atoms with Crippen molar-refractivity contribution in [2.45, 2.75) is 26.7 Å². The second kappa shape index (κ2) is 4.54. The molecule has 0 fully saturated rings. The van der Waals surface area contributed by atoms with E-state index in [-0.39, 0.29) is 5.82 Å². The molecule has 0 aliphatic rings. The van der Waals surface area contributed by atoms with Crippen LogP contribution in [-0.2, 0) is 0 Å². The molecule has 0 bridgehead atoms. The number of hydrogen-bond acceptors (Lipinski definition) is 1. The van der Waals surface area contributed by atoms with Gasteiger partial charge in [-0.15, -0.1) is 0 Å². The summed E-state index contributed by atoms with van der Waals surface area (Å²) < 4.78 is 14.0. The second-order valence-electron chi connectivity index (χ2n) is 4.40. The molecule has 0 saturated carbocycles. The molecule has 4 heteroatoms. The fourth-order valence-electron chi connectivity index (χ4n) is 1.76. The van der Waals surface area contributed by atoms with Crippen LogP contribution in [0.15, 0.2) is 16.6 Å². The summed E-state index contributed by atoms with van der Waals surface area (Å²) in [5, 5.41) is 1.18. The zero-order valence-corrected chi connectivity index (χ0v) is 12.2. The van der Waals surface area contributed by atoms with Gasteiger partial charge in [0.05, 0.1) is 15.0 Å². The average molecular weight is 317 g/mol. The highest BCUT2D eigenvalue weighted by Gasteiger charge is 2.14. The zero-order valence-electron chi connectivity index (χ0n) is 9.81. The van der Waals surface area contributed by atoms with E-state index in [1.165, 1.54) is 6.07 Å². The number of hydrogen-bond donors (Lipinski definition) is 0. The average Bonchev–Trinajstić information content (AvgIpc) is 2.25. The van der Waals surface area contributed by atoms with E-state index in [9.17, 15) is 4.39 Å². The van der Waals surface area contributed by atoms with Gasteiger partial charge in [-0.1, -0.05) is 25.4 Å². The highest BCUT2D eigenvalue weighted by Crippen LogP contribution is 2.35. The number of halogens is 3. The number of pyridine rings is 1. The Balaban J connectivity index is 2.90. The number of aromatic nitrogens is 1. The lowest BCUT2D eigenvalue weighted by Gasteiger charge is -2.11. The van der Waals surface area contributed by atoms with Gasteiger partial charge >= 0.3 is 0 Å². The zero-order chi connectivity index (χ0) is 12.7. The summed E-state index contributed by atoms with van der Waals surface area (Å²) in [5.74, 6) is -0.0175. The van der Waals surface area contributed by atoms with Gasteiger partial charge in [0.15, 0.2) is 0 Å². The second-order valence-corrected chi connectivity index (χ2v) is 5.60. The van der Waals surface area contributed by atoms with Crippen LogP contribution in [0.1, 0.15) is 31.0 Å². The summed E-state index contributed by atoms with van der Waals surface area (Å²) in [7, 11) is 0. The fourth-order valence-corrected chi connectivity index (χ4v) is 2.69. The molecule has 90 valence electrons. The molecule has 1 nitrogen and oxygen atoms in total. The van der Waals surface area contributed by atoms with Crippen molar-refractivity contribution in [1.29, 1.82) is 0 Å². The molecule has 0 atom stereocenters. The number of nitrogens with zero attached hydrogens (tertiary/aromatic N) is 1. The number of benzene rings is 1. The first-order chi connectivity index (χ1) is 7.91. The Hall–Kier alpha value is -0.670. The minimum atomic E-state index is -0.309. The van der Waals surface area contributed by atoms with Gasteiger partial charge in [-0.25, -0.2) is 4.39 Å². The summed E-state index contributed by atoms with van der Waals surface area (Å²) >= 11 is 9.45. The first kappa shape index (κ1) is 12.8. The van der Waals surface area contributed by atoms with E-state index >= 15 is 0 Å². The summed E-state index contributed by atoms with van der Waals surface area (Å²) in [5.41, 5.74) is 2.48. The molecule has 0 spiro atoms. The minimum absolute atomic E-state index is 0.292. The summed E-state index contributed by atoms with van der Waals surface area (Å²) in [6, 6.07) is 3.28. The van der Waals surface area contributed by atoms with E-state index in [1.54, 1.807) is 6.07 Å². The largest absolute Gasteiger partial charge is 0.252 e. The van der Waals surface area contributed by atoms with Crippen molar-refractivity contribution >= 4 is 38.4 Å². The van der Waals surface area contributed by atoms with Crippen molar-refractivity contribution in [3.8, 4) is 0 Å². The molecule has 0 radical (unpaired) electrons. The molecule has 0 saturated heterocycles. The molecule has 1 heterocycles. The molecular weight excluding hydrogens is 305 g/mol. The molecule has 2 aromatic rings. The van der Waals surface area contributed by atoms with E-state index in [0.29, 0.717) is 20.8 Å². The molecule has 2 rings (SSSR count). The summed E-state index contributed by atoms with van der Waals surface area (Å²) in [4.78, 5) is 4.56. The molecule has 0 aliphatic heterocycles. The van der Waals surface area contributed by atoms with Crippen LogP contribution in [0.2, 0.25) is 5.02 Å². The number of rotatable bonds is 1. The number of aryl methyl sites for hydroxylation is 1. The van der Waals surface area contributed by atoms with Crippen LogP contribution < -0.4 is 0 Å². The normalized spacial score (nSPS) is 11.5. The SMILES string of the molecule is Cc1cc(F)c(Br)c2c(Cl)cc(C(C)C)nc12. The van der Waals surface area contributed by atoms with Crippen LogP contribution in [-0.4, -0.2) is 4.98 Å². The van der Waals surface area contributed by atoms with E-state index in [1.807, 2.05) is 6.92 Å². The van der Waals surface area contributed by atoms with Crippen LogP contribution in [0.25, 0.3) is 10.9 Å². The lowest BCUT2D eigenvalue weighted by molar-refractivity contribution is 0.622. The fraction of sp³-hybridized carbons (Fsp3) is 0.308. The van der Waals surface area contributed by atoms with Gasteiger partial charge in [-0.2, -0.15) is 0 Å². The highest BCUT2D eigenvalue weighted by molar-refractivity contribution is 9.10. The van der Waals surface area contributed by atoms with Gasteiger partial charge in [0.25, 0.3) is 0 Å². The highest BCUT2D eigenvalue weighted by atomic mass is 79.9. The summed E-state index contributed by atoms with van der Waals surface area (Å²) in [6.07, 6.45) is 0. The van der Waals surface area contributed by atoms with Crippen LogP contribution in [0.3, 0.4) is 0 Å². The van der Waals surface area contributed by atoms with Crippen LogP contribution in [0, 0.1) is 12.7 Å². The maximum atomic E-state index is 13.6. The molecule has 17 heavy (non-hydrogen) atoms. The number of fused-ring (bicyclic) bond motifs is 1. The van der Waals surface area contributed by atoms with E-state index in [4.69, 9.17) is 11.6 Å². The quantitative estimate of drug-likeness (QED) is 0.702.